The summed E-state index contributed by atoms with van der Waals surface area (Å²) in [5.74, 6) is -0.312. The third-order valence-electron chi connectivity index (χ3n) is 3.75. The Labute approximate surface area is 146 Å². The van der Waals surface area contributed by atoms with E-state index in [0.717, 1.165) is 10.3 Å². The van der Waals surface area contributed by atoms with Crippen LogP contribution in [0.2, 0.25) is 0 Å². The van der Waals surface area contributed by atoms with E-state index in [2.05, 4.69) is 9.97 Å². The normalized spacial score (nSPS) is 10.9. The van der Waals surface area contributed by atoms with Crippen LogP contribution in [0.15, 0.2) is 44.7 Å². The lowest BCUT2D eigenvalue weighted by molar-refractivity contribution is -0.143. The number of H-pyrrole nitrogens is 1. The molecule has 0 radical (unpaired) electrons. The van der Waals surface area contributed by atoms with E-state index in [0.29, 0.717) is 23.7 Å². The van der Waals surface area contributed by atoms with Gasteiger partial charge in [0.2, 0.25) is 0 Å². The number of nitrogens with zero attached hydrogens (tertiary/aromatic N) is 2. The number of esters is 1. The second-order valence-corrected chi connectivity index (χ2v) is 6.21. The lowest BCUT2D eigenvalue weighted by atomic mass is 10.2. The number of para-hydroxylation sites is 1. The summed E-state index contributed by atoms with van der Waals surface area (Å²) in [5, 5.41) is 2.36. The quantitative estimate of drug-likeness (QED) is 0.512. The number of carbonyl (C=O) groups excluding carboxylic acids is 1. The minimum atomic E-state index is -0.460. The average molecular weight is 359 g/mol. The smallest absolute Gasteiger partial charge is 0.328 e. The van der Waals surface area contributed by atoms with Crippen molar-refractivity contribution < 1.29 is 9.53 Å². The van der Waals surface area contributed by atoms with Crippen molar-refractivity contribution >= 4 is 28.2 Å². The van der Waals surface area contributed by atoms with Gasteiger partial charge >= 0.3 is 11.7 Å². The minimum absolute atomic E-state index is 0.161. The van der Waals surface area contributed by atoms with Gasteiger partial charge in [-0.2, -0.15) is 0 Å². The van der Waals surface area contributed by atoms with Crippen LogP contribution in [0.1, 0.15) is 18.5 Å². The summed E-state index contributed by atoms with van der Waals surface area (Å²) in [6, 6.07) is 6.86. The number of aromatic amines is 1. The fourth-order valence-corrected chi connectivity index (χ4v) is 3.07. The van der Waals surface area contributed by atoms with Gasteiger partial charge in [-0.1, -0.05) is 12.1 Å². The highest BCUT2D eigenvalue weighted by Crippen LogP contribution is 2.05. The molecule has 0 amide bonds. The molecule has 1 aromatic carbocycles. The van der Waals surface area contributed by atoms with Gasteiger partial charge in [-0.15, -0.1) is 11.3 Å². The summed E-state index contributed by atoms with van der Waals surface area (Å²) < 4.78 is 6.27. The first kappa shape index (κ1) is 17.1. The van der Waals surface area contributed by atoms with Gasteiger partial charge in [-0.3, -0.25) is 14.2 Å². The predicted molar refractivity (Wildman–Crippen MR) is 94.8 cm³/mol. The molecule has 130 valence electrons. The first-order chi connectivity index (χ1) is 12.1. The third-order valence-corrected chi connectivity index (χ3v) is 4.38. The fourth-order valence-electron chi connectivity index (χ4n) is 2.47. The van der Waals surface area contributed by atoms with Gasteiger partial charge in [0.05, 0.1) is 35.1 Å². The van der Waals surface area contributed by atoms with Crippen molar-refractivity contribution in [2.45, 2.75) is 25.8 Å². The number of hydrogen-bond acceptors (Lipinski definition) is 6. The van der Waals surface area contributed by atoms with Gasteiger partial charge in [0.25, 0.3) is 5.56 Å². The van der Waals surface area contributed by atoms with Crippen molar-refractivity contribution in [3.63, 3.8) is 0 Å². The number of thiazole rings is 1. The van der Waals surface area contributed by atoms with Crippen molar-refractivity contribution in [2.75, 3.05) is 6.61 Å². The van der Waals surface area contributed by atoms with Crippen LogP contribution >= 0.6 is 11.3 Å². The van der Waals surface area contributed by atoms with Crippen LogP contribution in [-0.4, -0.2) is 27.1 Å². The molecule has 25 heavy (non-hydrogen) atoms. The molecule has 0 atom stereocenters. The number of aryl methyl sites for hydroxylation is 1. The largest absolute Gasteiger partial charge is 0.466 e. The molecule has 7 nitrogen and oxygen atoms in total. The summed E-state index contributed by atoms with van der Waals surface area (Å²) in [4.78, 5) is 42.8. The van der Waals surface area contributed by atoms with Crippen LogP contribution in [0, 0.1) is 0 Å². The Morgan fingerprint density at radius 3 is 2.92 bits per heavy atom. The Balaban J connectivity index is 1.52. The second kappa shape index (κ2) is 7.89. The number of carbonyl (C=O) groups is 1. The van der Waals surface area contributed by atoms with Crippen molar-refractivity contribution in [1.29, 1.82) is 0 Å². The molecule has 0 spiro atoms. The van der Waals surface area contributed by atoms with E-state index in [1.165, 1.54) is 11.3 Å². The maximum Gasteiger partial charge on any atom is 0.328 e. The van der Waals surface area contributed by atoms with Crippen molar-refractivity contribution in [3.8, 4) is 0 Å². The lowest BCUT2D eigenvalue weighted by Crippen LogP contribution is -2.35. The van der Waals surface area contributed by atoms with E-state index in [1.807, 2.05) is 5.38 Å². The molecule has 3 rings (SSSR count). The molecule has 0 aliphatic carbocycles. The first-order valence-corrected chi connectivity index (χ1v) is 8.84. The standard InChI is InChI=1S/C17H17N3O4S/c21-15(7-6-12-10-25-11-18-12)24-9-3-8-20-16(22)13-4-1-2-5-14(13)19-17(20)23/h1-2,4-5,10-11H,3,6-9H2,(H,19,23). The zero-order valence-electron chi connectivity index (χ0n) is 13.4. The molecular formula is C17H17N3O4S. The zero-order valence-corrected chi connectivity index (χ0v) is 14.3. The topological polar surface area (TPSA) is 94.0 Å². The number of hydrogen-bond donors (Lipinski definition) is 1. The van der Waals surface area contributed by atoms with Crippen molar-refractivity contribution in [2.24, 2.45) is 0 Å². The molecule has 2 aromatic heterocycles. The van der Waals surface area contributed by atoms with Gasteiger partial charge in [0, 0.05) is 18.3 Å². The highest BCUT2D eigenvalue weighted by molar-refractivity contribution is 7.07. The number of benzene rings is 1. The van der Waals surface area contributed by atoms with E-state index in [1.54, 1.807) is 29.8 Å². The maximum atomic E-state index is 12.3. The molecule has 3 aromatic rings. The highest BCUT2D eigenvalue weighted by Gasteiger charge is 2.08. The van der Waals surface area contributed by atoms with Crippen LogP contribution < -0.4 is 11.2 Å². The molecule has 8 heteroatoms. The van der Waals surface area contributed by atoms with Gasteiger partial charge in [0.1, 0.15) is 0 Å². The molecular weight excluding hydrogens is 342 g/mol. The lowest BCUT2D eigenvalue weighted by Gasteiger charge is -2.07. The Morgan fingerprint density at radius 1 is 1.28 bits per heavy atom. The van der Waals surface area contributed by atoms with Crippen LogP contribution in [0.4, 0.5) is 0 Å². The number of fused-ring (bicyclic) bond motifs is 1. The Bertz CT molecular complexity index is 975. The van der Waals surface area contributed by atoms with E-state index in [-0.39, 0.29) is 31.1 Å². The molecule has 0 aliphatic rings. The van der Waals surface area contributed by atoms with E-state index >= 15 is 0 Å². The first-order valence-electron chi connectivity index (χ1n) is 7.89. The average Bonchev–Trinajstić information content (AvgIpc) is 3.12. The molecule has 0 aliphatic heterocycles. The van der Waals surface area contributed by atoms with Crippen LogP contribution in [0.5, 0.6) is 0 Å². The molecule has 0 fully saturated rings. The number of ether oxygens (including phenoxy) is 1. The summed E-state index contributed by atoms with van der Waals surface area (Å²) in [5.41, 5.74) is 2.31. The molecule has 2 heterocycles. The molecule has 0 saturated heterocycles. The van der Waals surface area contributed by atoms with E-state index < -0.39 is 5.69 Å². The van der Waals surface area contributed by atoms with Crippen molar-refractivity contribution in [1.82, 2.24) is 14.5 Å². The van der Waals surface area contributed by atoms with Gasteiger partial charge in [-0.25, -0.2) is 9.78 Å². The minimum Gasteiger partial charge on any atom is -0.466 e. The molecule has 0 bridgehead atoms. The summed E-state index contributed by atoms with van der Waals surface area (Å²) >= 11 is 1.49. The Morgan fingerprint density at radius 2 is 2.12 bits per heavy atom. The SMILES string of the molecule is O=C(CCc1cscn1)OCCCn1c(=O)[nH]c2ccccc2c1=O. The van der Waals surface area contributed by atoms with Crippen LogP contribution in [0.25, 0.3) is 10.9 Å². The third kappa shape index (κ3) is 4.21. The summed E-state index contributed by atoms with van der Waals surface area (Å²) in [7, 11) is 0. The predicted octanol–water partition coefficient (Wildman–Crippen LogP) is 1.71. The summed E-state index contributed by atoms with van der Waals surface area (Å²) in [6.45, 7) is 0.354. The van der Waals surface area contributed by atoms with E-state index in [9.17, 15) is 14.4 Å². The molecule has 1 N–H and O–H groups in total. The monoisotopic (exact) mass is 359 g/mol. The number of nitrogens with one attached hydrogen (secondary N) is 1. The van der Waals surface area contributed by atoms with Gasteiger partial charge in [-0.05, 0) is 18.6 Å². The summed E-state index contributed by atoms with van der Waals surface area (Å²) in [6.07, 6.45) is 1.20. The fraction of sp³-hybridized carbons (Fsp3) is 0.294. The van der Waals surface area contributed by atoms with Crippen LogP contribution in [-0.2, 0) is 22.5 Å². The number of rotatable bonds is 7. The number of aromatic nitrogens is 3. The second-order valence-electron chi connectivity index (χ2n) is 5.49. The maximum absolute atomic E-state index is 12.3. The molecule has 0 unspecified atom stereocenters. The van der Waals surface area contributed by atoms with Gasteiger partial charge in [0.15, 0.2) is 0 Å². The molecule has 0 saturated carbocycles. The Hall–Kier alpha value is -2.74. The zero-order chi connectivity index (χ0) is 17.6. The van der Waals surface area contributed by atoms with Gasteiger partial charge < -0.3 is 9.72 Å². The van der Waals surface area contributed by atoms with E-state index in [4.69, 9.17) is 4.74 Å². The Kier molecular flexibility index (Phi) is 5.39. The van der Waals surface area contributed by atoms with Crippen molar-refractivity contribution in [3.05, 3.63) is 61.7 Å². The van der Waals surface area contributed by atoms with Crippen LogP contribution in [0.3, 0.4) is 0 Å². The highest BCUT2D eigenvalue weighted by atomic mass is 32.1.